The van der Waals surface area contributed by atoms with E-state index in [1.165, 1.54) is 5.56 Å². The van der Waals surface area contributed by atoms with Gasteiger partial charge in [-0.1, -0.05) is 23.7 Å². The van der Waals surface area contributed by atoms with E-state index in [0.29, 0.717) is 11.5 Å². The lowest BCUT2D eigenvalue weighted by Crippen LogP contribution is -2.30. The van der Waals surface area contributed by atoms with E-state index in [2.05, 4.69) is 17.1 Å². The number of hydrogen-bond donors (Lipinski definition) is 0. The molecular weight excluding hydrogens is 322 g/mol. The highest BCUT2D eigenvalue weighted by molar-refractivity contribution is 6.30. The Bertz CT molecular complexity index is 715. The first-order valence-electron chi connectivity index (χ1n) is 8.20. The smallest absolute Gasteiger partial charge is 0.257 e. The number of likely N-dealkylation sites (tertiary alicyclic amines) is 1. The Labute approximate surface area is 148 Å². The molecule has 1 aliphatic heterocycles. The maximum atomic E-state index is 12.9. The van der Waals surface area contributed by atoms with Gasteiger partial charge < -0.3 is 9.80 Å². The Kier molecular flexibility index (Phi) is 5.05. The predicted molar refractivity (Wildman–Crippen MR) is 97.7 cm³/mol. The number of aromatic nitrogens is 1. The summed E-state index contributed by atoms with van der Waals surface area (Å²) >= 11 is 5.94. The number of rotatable bonds is 4. The van der Waals surface area contributed by atoms with Crippen LogP contribution in [0.5, 0.6) is 0 Å². The number of anilines is 1. The van der Waals surface area contributed by atoms with Gasteiger partial charge in [-0.25, -0.2) is 4.98 Å². The Morgan fingerprint density at radius 3 is 2.75 bits per heavy atom. The van der Waals surface area contributed by atoms with Crippen molar-refractivity contribution in [2.45, 2.75) is 12.8 Å². The SMILES string of the molecule is CN(C)c1ncccc1C(=O)N1CCC(Cc2ccc(Cl)cc2)C1. The summed E-state index contributed by atoms with van der Waals surface area (Å²) in [5.41, 5.74) is 1.95. The maximum absolute atomic E-state index is 12.9. The number of pyridine rings is 1. The van der Waals surface area contributed by atoms with Crippen LogP contribution in [-0.4, -0.2) is 43.0 Å². The molecule has 0 saturated carbocycles. The molecule has 1 unspecified atom stereocenters. The molecule has 0 radical (unpaired) electrons. The van der Waals surface area contributed by atoms with Gasteiger partial charge in [0, 0.05) is 38.4 Å². The van der Waals surface area contributed by atoms with Crippen molar-refractivity contribution >= 4 is 23.3 Å². The third-order valence-electron chi connectivity index (χ3n) is 4.45. The third kappa shape index (κ3) is 3.70. The third-order valence-corrected chi connectivity index (χ3v) is 4.70. The lowest BCUT2D eigenvalue weighted by molar-refractivity contribution is 0.0787. The van der Waals surface area contributed by atoms with Crippen LogP contribution in [0.2, 0.25) is 5.02 Å². The molecule has 5 heteroatoms. The van der Waals surface area contributed by atoms with Crippen LogP contribution in [0.3, 0.4) is 0 Å². The zero-order valence-corrected chi connectivity index (χ0v) is 14.8. The lowest BCUT2D eigenvalue weighted by Gasteiger charge is -2.20. The fraction of sp³-hybridized carbons (Fsp3) is 0.368. The molecule has 0 bridgehead atoms. The van der Waals surface area contributed by atoms with E-state index in [4.69, 9.17) is 11.6 Å². The van der Waals surface area contributed by atoms with Crippen LogP contribution in [0.15, 0.2) is 42.6 Å². The van der Waals surface area contributed by atoms with Crippen molar-refractivity contribution in [3.8, 4) is 0 Å². The molecule has 0 aliphatic carbocycles. The zero-order chi connectivity index (χ0) is 17.1. The summed E-state index contributed by atoms with van der Waals surface area (Å²) < 4.78 is 0. The average molecular weight is 344 g/mol. The Morgan fingerprint density at radius 1 is 1.29 bits per heavy atom. The number of benzene rings is 1. The molecule has 0 spiro atoms. The topological polar surface area (TPSA) is 36.4 Å². The largest absolute Gasteiger partial charge is 0.362 e. The normalized spacial score (nSPS) is 17.1. The summed E-state index contributed by atoms with van der Waals surface area (Å²) in [7, 11) is 3.82. The highest BCUT2D eigenvalue weighted by atomic mass is 35.5. The molecule has 0 N–H and O–H groups in total. The van der Waals surface area contributed by atoms with Crippen LogP contribution in [0.1, 0.15) is 22.3 Å². The minimum atomic E-state index is 0.0745. The van der Waals surface area contributed by atoms with E-state index in [1.54, 1.807) is 6.20 Å². The van der Waals surface area contributed by atoms with Crippen molar-refractivity contribution < 1.29 is 4.79 Å². The van der Waals surface area contributed by atoms with Crippen molar-refractivity contribution in [3.05, 3.63) is 58.7 Å². The van der Waals surface area contributed by atoms with Gasteiger partial charge in [0.2, 0.25) is 0 Å². The van der Waals surface area contributed by atoms with Gasteiger partial charge in [-0.15, -0.1) is 0 Å². The summed E-state index contributed by atoms with van der Waals surface area (Å²) in [6.07, 6.45) is 3.74. The molecule has 2 aromatic rings. The molecule has 126 valence electrons. The summed E-state index contributed by atoms with van der Waals surface area (Å²) in [4.78, 5) is 21.0. The second-order valence-electron chi connectivity index (χ2n) is 6.51. The fourth-order valence-electron chi connectivity index (χ4n) is 3.23. The van der Waals surface area contributed by atoms with Gasteiger partial charge in [0.25, 0.3) is 5.91 Å². The molecule has 1 saturated heterocycles. The molecule has 1 atom stereocenters. The summed E-state index contributed by atoms with van der Waals surface area (Å²) in [6.45, 7) is 1.60. The van der Waals surface area contributed by atoms with Gasteiger partial charge in [0.05, 0.1) is 5.56 Å². The lowest BCUT2D eigenvalue weighted by atomic mass is 9.99. The van der Waals surface area contributed by atoms with Gasteiger partial charge in [0.15, 0.2) is 0 Å². The number of amides is 1. The minimum Gasteiger partial charge on any atom is -0.362 e. The van der Waals surface area contributed by atoms with Crippen LogP contribution in [0.25, 0.3) is 0 Å². The fourth-order valence-corrected chi connectivity index (χ4v) is 3.35. The summed E-state index contributed by atoms with van der Waals surface area (Å²) in [5.74, 6) is 1.30. The highest BCUT2D eigenvalue weighted by Gasteiger charge is 2.28. The second-order valence-corrected chi connectivity index (χ2v) is 6.94. The molecule has 3 rings (SSSR count). The van der Waals surface area contributed by atoms with E-state index < -0.39 is 0 Å². The molecular formula is C19H22ClN3O. The molecule has 1 aromatic carbocycles. The molecule has 1 fully saturated rings. The van der Waals surface area contributed by atoms with E-state index in [-0.39, 0.29) is 5.91 Å². The predicted octanol–water partition coefficient (Wildman–Crippen LogP) is 3.51. The molecule has 1 aliphatic rings. The van der Waals surface area contributed by atoms with Crippen molar-refractivity contribution in [3.63, 3.8) is 0 Å². The molecule has 2 heterocycles. The first-order chi connectivity index (χ1) is 11.5. The van der Waals surface area contributed by atoms with Gasteiger partial charge in [0.1, 0.15) is 5.82 Å². The van der Waals surface area contributed by atoms with Crippen molar-refractivity contribution in [1.29, 1.82) is 0 Å². The van der Waals surface area contributed by atoms with Crippen LogP contribution < -0.4 is 4.90 Å². The maximum Gasteiger partial charge on any atom is 0.257 e. The second kappa shape index (κ2) is 7.22. The number of carbonyl (C=O) groups excluding carboxylic acids is 1. The Hall–Kier alpha value is -2.07. The number of carbonyl (C=O) groups is 1. The summed E-state index contributed by atoms with van der Waals surface area (Å²) in [6, 6.07) is 11.7. The average Bonchev–Trinajstić information content (AvgIpc) is 3.05. The van der Waals surface area contributed by atoms with Crippen molar-refractivity contribution in [2.75, 3.05) is 32.1 Å². The van der Waals surface area contributed by atoms with Gasteiger partial charge in [-0.05, 0) is 48.6 Å². The van der Waals surface area contributed by atoms with Crippen LogP contribution in [0.4, 0.5) is 5.82 Å². The first-order valence-corrected chi connectivity index (χ1v) is 8.58. The minimum absolute atomic E-state index is 0.0745. The first kappa shape index (κ1) is 16.8. The van der Waals surface area contributed by atoms with E-state index in [1.807, 2.05) is 48.2 Å². The van der Waals surface area contributed by atoms with E-state index >= 15 is 0 Å². The monoisotopic (exact) mass is 343 g/mol. The van der Waals surface area contributed by atoms with Gasteiger partial charge in [-0.2, -0.15) is 0 Å². The molecule has 24 heavy (non-hydrogen) atoms. The van der Waals surface area contributed by atoms with Crippen LogP contribution in [0, 0.1) is 5.92 Å². The van der Waals surface area contributed by atoms with Crippen LogP contribution >= 0.6 is 11.6 Å². The van der Waals surface area contributed by atoms with Gasteiger partial charge >= 0.3 is 0 Å². The Morgan fingerprint density at radius 2 is 2.04 bits per heavy atom. The molecule has 1 aromatic heterocycles. The zero-order valence-electron chi connectivity index (χ0n) is 14.1. The van der Waals surface area contributed by atoms with Crippen LogP contribution in [-0.2, 0) is 6.42 Å². The van der Waals surface area contributed by atoms with E-state index in [0.717, 1.165) is 36.8 Å². The van der Waals surface area contributed by atoms with Gasteiger partial charge in [-0.3, -0.25) is 4.79 Å². The molecule has 4 nitrogen and oxygen atoms in total. The highest BCUT2D eigenvalue weighted by Crippen LogP contribution is 2.25. The quantitative estimate of drug-likeness (QED) is 0.852. The van der Waals surface area contributed by atoms with Crippen molar-refractivity contribution in [1.82, 2.24) is 9.88 Å². The Balaban J connectivity index is 1.67. The summed E-state index contributed by atoms with van der Waals surface area (Å²) in [5, 5.41) is 0.759. The molecule has 1 amide bonds. The van der Waals surface area contributed by atoms with E-state index in [9.17, 15) is 4.79 Å². The van der Waals surface area contributed by atoms with Crippen molar-refractivity contribution in [2.24, 2.45) is 5.92 Å². The standard InChI is InChI=1S/C19H22ClN3O/c1-22(2)18-17(4-3-10-21-18)19(24)23-11-9-15(13-23)12-14-5-7-16(20)8-6-14/h3-8,10,15H,9,11-13H2,1-2H3. The number of hydrogen-bond acceptors (Lipinski definition) is 3. The number of nitrogens with zero attached hydrogens (tertiary/aromatic N) is 3. The number of halogens is 1.